The van der Waals surface area contributed by atoms with E-state index in [-0.39, 0.29) is 5.82 Å². The number of aromatic nitrogens is 2. The molecule has 2 aromatic rings. The topological polar surface area (TPSA) is 47.0 Å². The van der Waals surface area contributed by atoms with Gasteiger partial charge in [0.2, 0.25) is 11.8 Å². The van der Waals surface area contributed by atoms with Crippen molar-refractivity contribution in [2.75, 3.05) is 11.9 Å². The largest absolute Gasteiger partial charge is 0.439 e. The van der Waals surface area contributed by atoms with Crippen molar-refractivity contribution in [2.24, 2.45) is 0 Å². The molecule has 5 heteroatoms. The van der Waals surface area contributed by atoms with Gasteiger partial charge in [-0.1, -0.05) is 6.92 Å². The first kappa shape index (κ1) is 14.2. The Labute approximate surface area is 118 Å². The monoisotopic (exact) mass is 275 g/mol. The lowest BCUT2D eigenvalue weighted by molar-refractivity contribution is 0.456. The summed E-state index contributed by atoms with van der Waals surface area (Å²) < 4.78 is 18.8. The summed E-state index contributed by atoms with van der Waals surface area (Å²) in [7, 11) is 0. The zero-order valence-electron chi connectivity index (χ0n) is 11.9. The molecular formula is C15H18FN3O. The van der Waals surface area contributed by atoms with Crippen LogP contribution >= 0.6 is 0 Å². The Balaban J connectivity index is 2.21. The fourth-order valence-corrected chi connectivity index (χ4v) is 1.75. The number of aryl methyl sites for hydroxylation is 2. The van der Waals surface area contributed by atoms with Crippen LogP contribution in [0.25, 0.3) is 0 Å². The maximum Gasteiger partial charge on any atom is 0.226 e. The van der Waals surface area contributed by atoms with Gasteiger partial charge in [-0.25, -0.2) is 9.37 Å². The number of rotatable bonds is 5. The molecule has 0 bridgehead atoms. The summed E-state index contributed by atoms with van der Waals surface area (Å²) in [6.45, 7) is 6.55. The molecule has 0 spiro atoms. The molecule has 0 radical (unpaired) electrons. The third-order valence-corrected chi connectivity index (χ3v) is 2.72. The Bertz CT molecular complexity index is 602. The normalized spacial score (nSPS) is 10.4. The van der Waals surface area contributed by atoms with Gasteiger partial charge in [0.1, 0.15) is 11.6 Å². The highest BCUT2D eigenvalue weighted by atomic mass is 19.1. The SMILES string of the molecule is CCCNc1nc(C)cc(Oc2ccc(F)cc2C)n1. The highest BCUT2D eigenvalue weighted by Crippen LogP contribution is 2.25. The molecule has 4 nitrogen and oxygen atoms in total. The Kier molecular flexibility index (Phi) is 4.50. The van der Waals surface area contributed by atoms with Gasteiger partial charge in [0.25, 0.3) is 0 Å². The first-order valence-electron chi connectivity index (χ1n) is 6.62. The van der Waals surface area contributed by atoms with Crippen molar-refractivity contribution < 1.29 is 9.13 Å². The molecule has 0 unspecified atom stereocenters. The summed E-state index contributed by atoms with van der Waals surface area (Å²) in [6.07, 6.45) is 0.991. The smallest absolute Gasteiger partial charge is 0.226 e. The number of ether oxygens (including phenoxy) is 1. The van der Waals surface area contributed by atoms with Crippen LogP contribution in [-0.2, 0) is 0 Å². The summed E-state index contributed by atoms with van der Waals surface area (Å²) in [5.41, 5.74) is 1.54. The highest BCUT2D eigenvalue weighted by molar-refractivity contribution is 5.37. The molecule has 0 saturated heterocycles. The Morgan fingerprint density at radius 3 is 2.70 bits per heavy atom. The number of nitrogens with zero attached hydrogens (tertiary/aromatic N) is 2. The van der Waals surface area contributed by atoms with Crippen LogP contribution in [0.1, 0.15) is 24.6 Å². The molecule has 1 heterocycles. The zero-order chi connectivity index (χ0) is 14.5. The van der Waals surface area contributed by atoms with Crippen molar-refractivity contribution in [1.82, 2.24) is 9.97 Å². The van der Waals surface area contributed by atoms with Gasteiger partial charge >= 0.3 is 0 Å². The fraction of sp³-hybridized carbons (Fsp3) is 0.333. The van der Waals surface area contributed by atoms with Gasteiger partial charge in [-0.3, -0.25) is 0 Å². The van der Waals surface area contributed by atoms with E-state index in [2.05, 4.69) is 22.2 Å². The molecule has 0 atom stereocenters. The van der Waals surface area contributed by atoms with Crippen LogP contribution in [0, 0.1) is 19.7 Å². The van der Waals surface area contributed by atoms with Gasteiger partial charge in [0.05, 0.1) is 0 Å². The van der Waals surface area contributed by atoms with Crippen LogP contribution in [0.15, 0.2) is 24.3 Å². The van der Waals surface area contributed by atoms with E-state index in [0.29, 0.717) is 17.6 Å². The second-order valence-corrected chi connectivity index (χ2v) is 4.61. The van der Waals surface area contributed by atoms with E-state index in [1.54, 1.807) is 19.1 Å². The zero-order valence-corrected chi connectivity index (χ0v) is 11.9. The van der Waals surface area contributed by atoms with E-state index in [1.807, 2.05) is 6.92 Å². The van der Waals surface area contributed by atoms with Crippen LogP contribution in [0.4, 0.5) is 10.3 Å². The van der Waals surface area contributed by atoms with Crippen molar-refractivity contribution in [3.8, 4) is 11.6 Å². The van der Waals surface area contributed by atoms with E-state index < -0.39 is 0 Å². The standard InChI is InChI=1S/C15H18FN3O/c1-4-7-17-15-18-11(3)9-14(19-15)20-13-6-5-12(16)8-10(13)2/h5-6,8-9H,4,7H2,1-3H3,(H,17,18,19). The van der Waals surface area contributed by atoms with Crippen molar-refractivity contribution in [1.29, 1.82) is 0 Å². The van der Waals surface area contributed by atoms with E-state index in [4.69, 9.17) is 4.74 Å². The number of nitrogens with one attached hydrogen (secondary N) is 1. The maximum absolute atomic E-state index is 13.1. The minimum absolute atomic E-state index is 0.279. The maximum atomic E-state index is 13.1. The van der Waals surface area contributed by atoms with E-state index in [0.717, 1.165) is 24.2 Å². The number of anilines is 1. The molecule has 0 aliphatic heterocycles. The average Bonchev–Trinajstić information content (AvgIpc) is 2.39. The van der Waals surface area contributed by atoms with Gasteiger partial charge in [0.15, 0.2) is 0 Å². The predicted molar refractivity (Wildman–Crippen MR) is 76.8 cm³/mol. The number of benzene rings is 1. The second kappa shape index (κ2) is 6.32. The third kappa shape index (κ3) is 3.66. The molecule has 0 fully saturated rings. The van der Waals surface area contributed by atoms with Gasteiger partial charge in [0, 0.05) is 18.3 Å². The lowest BCUT2D eigenvalue weighted by atomic mass is 10.2. The number of hydrogen-bond donors (Lipinski definition) is 1. The molecule has 106 valence electrons. The van der Waals surface area contributed by atoms with Gasteiger partial charge < -0.3 is 10.1 Å². The van der Waals surface area contributed by atoms with Crippen LogP contribution in [-0.4, -0.2) is 16.5 Å². The molecular weight excluding hydrogens is 257 g/mol. The third-order valence-electron chi connectivity index (χ3n) is 2.72. The van der Waals surface area contributed by atoms with Crippen molar-refractivity contribution in [3.63, 3.8) is 0 Å². The summed E-state index contributed by atoms with van der Waals surface area (Å²) >= 11 is 0. The molecule has 1 aromatic carbocycles. The fourth-order valence-electron chi connectivity index (χ4n) is 1.75. The summed E-state index contributed by atoms with van der Waals surface area (Å²) in [5.74, 6) is 1.30. The van der Waals surface area contributed by atoms with Crippen molar-refractivity contribution in [2.45, 2.75) is 27.2 Å². The summed E-state index contributed by atoms with van der Waals surface area (Å²) in [6, 6.07) is 6.15. The molecule has 20 heavy (non-hydrogen) atoms. The molecule has 0 aliphatic carbocycles. The molecule has 1 N–H and O–H groups in total. The van der Waals surface area contributed by atoms with Crippen LogP contribution in [0.5, 0.6) is 11.6 Å². The molecule has 0 aliphatic rings. The van der Waals surface area contributed by atoms with E-state index in [1.165, 1.54) is 12.1 Å². The van der Waals surface area contributed by atoms with Crippen LogP contribution in [0.3, 0.4) is 0 Å². The van der Waals surface area contributed by atoms with Gasteiger partial charge in [-0.2, -0.15) is 4.98 Å². The van der Waals surface area contributed by atoms with Gasteiger partial charge in [-0.15, -0.1) is 0 Å². The minimum atomic E-state index is -0.279. The van der Waals surface area contributed by atoms with Crippen LogP contribution < -0.4 is 10.1 Å². The van der Waals surface area contributed by atoms with Crippen molar-refractivity contribution >= 4 is 5.95 Å². The van der Waals surface area contributed by atoms with Crippen molar-refractivity contribution in [3.05, 3.63) is 41.3 Å². The predicted octanol–water partition coefficient (Wildman–Crippen LogP) is 3.85. The van der Waals surface area contributed by atoms with Gasteiger partial charge in [-0.05, 0) is 44.0 Å². The first-order valence-corrected chi connectivity index (χ1v) is 6.62. The molecule has 1 aromatic heterocycles. The van der Waals surface area contributed by atoms with E-state index >= 15 is 0 Å². The molecule has 0 amide bonds. The number of halogens is 1. The lowest BCUT2D eigenvalue weighted by Gasteiger charge is -2.10. The Hall–Kier alpha value is -2.17. The highest BCUT2D eigenvalue weighted by Gasteiger charge is 2.07. The first-order chi connectivity index (χ1) is 9.58. The summed E-state index contributed by atoms with van der Waals surface area (Å²) in [5, 5.41) is 3.12. The quantitative estimate of drug-likeness (QED) is 0.900. The minimum Gasteiger partial charge on any atom is -0.439 e. The summed E-state index contributed by atoms with van der Waals surface area (Å²) in [4.78, 5) is 8.58. The molecule has 0 saturated carbocycles. The second-order valence-electron chi connectivity index (χ2n) is 4.61. The molecule has 2 rings (SSSR count). The van der Waals surface area contributed by atoms with E-state index in [9.17, 15) is 4.39 Å². The van der Waals surface area contributed by atoms with Crippen LogP contribution in [0.2, 0.25) is 0 Å². The average molecular weight is 275 g/mol. The number of hydrogen-bond acceptors (Lipinski definition) is 4. The lowest BCUT2D eigenvalue weighted by Crippen LogP contribution is -2.06. The Morgan fingerprint density at radius 1 is 1.20 bits per heavy atom. The Morgan fingerprint density at radius 2 is 2.00 bits per heavy atom.